The highest BCUT2D eigenvalue weighted by Crippen LogP contribution is 2.32. The van der Waals surface area contributed by atoms with Gasteiger partial charge in [-0.2, -0.15) is 5.26 Å². The molecule has 1 N–H and O–H groups in total. The topological polar surface area (TPSA) is 111 Å². The summed E-state index contributed by atoms with van der Waals surface area (Å²) in [5.74, 6) is 0.906. The highest BCUT2D eigenvalue weighted by atomic mass is 16.5. The van der Waals surface area contributed by atoms with E-state index in [0.29, 0.717) is 29.5 Å². The van der Waals surface area contributed by atoms with Crippen LogP contribution in [0.25, 0.3) is 0 Å². The molecule has 1 heterocycles. The smallest absolute Gasteiger partial charge is 0.308 e. The summed E-state index contributed by atoms with van der Waals surface area (Å²) in [4.78, 5) is 28.8. The second-order valence-electron chi connectivity index (χ2n) is 8.80. The van der Waals surface area contributed by atoms with E-state index in [2.05, 4.69) is 16.4 Å². The van der Waals surface area contributed by atoms with Crippen molar-refractivity contribution in [3.05, 3.63) is 52.8 Å². The Labute approximate surface area is 206 Å². The third-order valence-electron chi connectivity index (χ3n) is 6.57. The fourth-order valence-corrected chi connectivity index (χ4v) is 4.41. The number of methoxy groups -OCH3 is 2. The first kappa shape index (κ1) is 26.0. The zero-order chi connectivity index (χ0) is 25.4. The predicted molar refractivity (Wildman–Crippen MR) is 130 cm³/mol. The van der Waals surface area contributed by atoms with Crippen molar-refractivity contribution in [2.45, 2.75) is 52.1 Å². The van der Waals surface area contributed by atoms with Crippen LogP contribution in [-0.2, 0) is 16.0 Å². The second kappa shape index (κ2) is 12.2. The van der Waals surface area contributed by atoms with Gasteiger partial charge in [-0.3, -0.25) is 14.6 Å². The SMILES string of the molecule is CCc1cc(C(C)Oc2ccc(C(=O)NCC3CCC(C(=O)OC)CC3)cc2C#N)c(OC)cn1. The fraction of sp³-hybridized carbons (Fsp3) is 0.481. The van der Waals surface area contributed by atoms with E-state index < -0.39 is 0 Å². The van der Waals surface area contributed by atoms with E-state index >= 15 is 0 Å². The molecule has 0 radical (unpaired) electrons. The van der Waals surface area contributed by atoms with Gasteiger partial charge in [0.1, 0.15) is 23.7 Å². The number of rotatable bonds is 9. The number of ether oxygens (including phenoxy) is 3. The Morgan fingerprint density at radius 3 is 2.54 bits per heavy atom. The van der Waals surface area contributed by atoms with Gasteiger partial charge in [0.15, 0.2) is 0 Å². The number of carbonyl (C=O) groups is 2. The molecule has 1 unspecified atom stereocenters. The average Bonchev–Trinajstić information content (AvgIpc) is 2.91. The Morgan fingerprint density at radius 2 is 1.91 bits per heavy atom. The molecule has 1 aliphatic carbocycles. The van der Waals surface area contributed by atoms with Crippen LogP contribution >= 0.6 is 0 Å². The highest BCUT2D eigenvalue weighted by Gasteiger charge is 2.27. The zero-order valence-electron chi connectivity index (χ0n) is 20.8. The van der Waals surface area contributed by atoms with Crippen LogP contribution < -0.4 is 14.8 Å². The van der Waals surface area contributed by atoms with E-state index in [-0.39, 0.29) is 29.5 Å². The van der Waals surface area contributed by atoms with Crippen LogP contribution in [0.1, 0.15) is 72.8 Å². The molecule has 0 aliphatic heterocycles. The normalized spacial score (nSPS) is 18.1. The fourth-order valence-electron chi connectivity index (χ4n) is 4.41. The molecule has 8 nitrogen and oxygen atoms in total. The molecule has 0 saturated heterocycles. The number of nitrogens with zero attached hydrogens (tertiary/aromatic N) is 2. The van der Waals surface area contributed by atoms with Crippen LogP contribution in [0.3, 0.4) is 0 Å². The quantitative estimate of drug-likeness (QED) is 0.532. The number of aromatic nitrogens is 1. The first-order valence-electron chi connectivity index (χ1n) is 12.0. The van der Waals surface area contributed by atoms with Gasteiger partial charge < -0.3 is 19.5 Å². The zero-order valence-corrected chi connectivity index (χ0v) is 20.8. The number of benzene rings is 1. The van der Waals surface area contributed by atoms with Gasteiger partial charge in [-0.05, 0) is 69.2 Å². The molecule has 1 aromatic carbocycles. The largest absolute Gasteiger partial charge is 0.495 e. The first-order valence-corrected chi connectivity index (χ1v) is 12.0. The summed E-state index contributed by atoms with van der Waals surface area (Å²) in [7, 11) is 3.00. The van der Waals surface area contributed by atoms with Crippen LogP contribution in [-0.4, -0.2) is 37.6 Å². The lowest BCUT2D eigenvalue weighted by atomic mass is 9.82. The Bertz CT molecular complexity index is 1090. The molecule has 1 fully saturated rings. The highest BCUT2D eigenvalue weighted by molar-refractivity contribution is 5.94. The maximum atomic E-state index is 12.7. The van der Waals surface area contributed by atoms with Crippen molar-refractivity contribution in [1.82, 2.24) is 10.3 Å². The number of esters is 1. The maximum Gasteiger partial charge on any atom is 0.308 e. The first-order chi connectivity index (χ1) is 16.9. The van der Waals surface area contributed by atoms with E-state index in [1.807, 2.05) is 19.9 Å². The third-order valence-corrected chi connectivity index (χ3v) is 6.57. The summed E-state index contributed by atoms with van der Waals surface area (Å²) in [6.07, 6.45) is 5.36. The Hall–Kier alpha value is -3.60. The van der Waals surface area contributed by atoms with Crippen LogP contribution in [0.5, 0.6) is 11.5 Å². The lowest BCUT2D eigenvalue weighted by Gasteiger charge is -2.27. The van der Waals surface area contributed by atoms with E-state index in [1.165, 1.54) is 7.11 Å². The molecule has 0 spiro atoms. The Morgan fingerprint density at radius 1 is 1.17 bits per heavy atom. The van der Waals surface area contributed by atoms with Gasteiger partial charge in [-0.15, -0.1) is 0 Å². The van der Waals surface area contributed by atoms with Crippen LogP contribution in [0.4, 0.5) is 0 Å². The van der Waals surface area contributed by atoms with Crippen molar-refractivity contribution in [2.24, 2.45) is 11.8 Å². The molecule has 1 saturated carbocycles. The van der Waals surface area contributed by atoms with Gasteiger partial charge >= 0.3 is 5.97 Å². The number of amides is 1. The molecule has 8 heteroatoms. The minimum absolute atomic E-state index is 0.0410. The summed E-state index contributed by atoms with van der Waals surface area (Å²) < 4.78 is 16.3. The lowest BCUT2D eigenvalue weighted by Crippen LogP contribution is -2.32. The number of pyridine rings is 1. The van der Waals surface area contributed by atoms with Crippen LogP contribution in [0, 0.1) is 23.2 Å². The summed E-state index contributed by atoms with van der Waals surface area (Å²) in [6, 6.07) is 8.93. The van der Waals surface area contributed by atoms with E-state index in [0.717, 1.165) is 43.4 Å². The summed E-state index contributed by atoms with van der Waals surface area (Å²) in [5.41, 5.74) is 2.45. The molecule has 35 heavy (non-hydrogen) atoms. The number of hydrogen-bond donors (Lipinski definition) is 1. The molecule has 1 aliphatic rings. The molecule has 1 amide bonds. The van der Waals surface area contributed by atoms with E-state index in [1.54, 1.807) is 31.5 Å². The van der Waals surface area contributed by atoms with Gasteiger partial charge in [-0.25, -0.2) is 0 Å². The molecule has 3 rings (SSSR count). The van der Waals surface area contributed by atoms with Crippen molar-refractivity contribution in [3.63, 3.8) is 0 Å². The minimum Gasteiger partial charge on any atom is -0.495 e. The van der Waals surface area contributed by atoms with Crippen molar-refractivity contribution < 1.29 is 23.8 Å². The second-order valence-corrected chi connectivity index (χ2v) is 8.80. The molecule has 2 aromatic rings. The van der Waals surface area contributed by atoms with Crippen LogP contribution in [0.15, 0.2) is 30.5 Å². The van der Waals surface area contributed by atoms with Gasteiger partial charge in [-0.1, -0.05) is 6.92 Å². The average molecular weight is 480 g/mol. The number of nitrogens with one attached hydrogen (secondary N) is 1. The third kappa shape index (κ3) is 6.50. The van der Waals surface area contributed by atoms with Crippen molar-refractivity contribution in [1.29, 1.82) is 5.26 Å². The Balaban J connectivity index is 1.63. The Kier molecular flexibility index (Phi) is 9.07. The van der Waals surface area contributed by atoms with Gasteiger partial charge in [0, 0.05) is 23.4 Å². The molecular formula is C27H33N3O5. The summed E-state index contributed by atoms with van der Waals surface area (Å²) in [6.45, 7) is 4.44. The molecular weight excluding hydrogens is 446 g/mol. The van der Waals surface area contributed by atoms with Gasteiger partial charge in [0.2, 0.25) is 0 Å². The lowest BCUT2D eigenvalue weighted by molar-refractivity contribution is -0.146. The van der Waals surface area contributed by atoms with Crippen molar-refractivity contribution >= 4 is 11.9 Å². The number of aryl methyl sites for hydroxylation is 1. The van der Waals surface area contributed by atoms with Gasteiger partial charge in [0.05, 0.1) is 31.9 Å². The molecule has 1 aromatic heterocycles. The molecule has 1 atom stereocenters. The molecule has 0 bridgehead atoms. The summed E-state index contributed by atoms with van der Waals surface area (Å²) in [5, 5.41) is 12.6. The van der Waals surface area contributed by atoms with E-state index in [9.17, 15) is 14.9 Å². The van der Waals surface area contributed by atoms with E-state index in [4.69, 9.17) is 14.2 Å². The van der Waals surface area contributed by atoms with Crippen LogP contribution in [0.2, 0.25) is 0 Å². The van der Waals surface area contributed by atoms with Crippen molar-refractivity contribution in [3.8, 4) is 17.6 Å². The number of carbonyl (C=O) groups excluding carboxylic acids is 2. The van der Waals surface area contributed by atoms with Crippen molar-refractivity contribution in [2.75, 3.05) is 20.8 Å². The number of nitriles is 1. The predicted octanol–water partition coefficient (Wildman–Crippen LogP) is 4.37. The van der Waals surface area contributed by atoms with Gasteiger partial charge in [0.25, 0.3) is 5.91 Å². The number of hydrogen-bond acceptors (Lipinski definition) is 7. The summed E-state index contributed by atoms with van der Waals surface area (Å²) >= 11 is 0. The molecule has 186 valence electrons. The minimum atomic E-state index is -0.384. The maximum absolute atomic E-state index is 12.7. The monoisotopic (exact) mass is 479 g/mol. The standard InChI is InChI=1S/C27H33N3O5/c1-5-22-13-23(25(33-3)16-29-22)17(2)35-24-11-10-20(12-21(24)14-28)26(31)30-15-18-6-8-19(9-7-18)27(32)34-4/h10-13,16-19H,5-9,15H2,1-4H3,(H,30,31).